The van der Waals surface area contributed by atoms with Crippen molar-refractivity contribution < 1.29 is 4.74 Å². The highest BCUT2D eigenvalue weighted by Gasteiger charge is 2.16. The first kappa shape index (κ1) is 13.3. The van der Waals surface area contributed by atoms with E-state index in [9.17, 15) is 0 Å². The molecule has 0 amide bonds. The summed E-state index contributed by atoms with van der Waals surface area (Å²) < 4.78 is 5.71. The van der Waals surface area contributed by atoms with Gasteiger partial charge in [0.1, 0.15) is 0 Å². The Labute approximate surface area is 105 Å². The zero-order valence-electron chi connectivity index (χ0n) is 11.2. The van der Waals surface area contributed by atoms with E-state index in [4.69, 9.17) is 4.74 Å². The molecule has 0 bridgehead atoms. The van der Waals surface area contributed by atoms with Gasteiger partial charge >= 0.3 is 0 Å². The van der Waals surface area contributed by atoms with Crippen LogP contribution >= 0.6 is 0 Å². The van der Waals surface area contributed by atoms with Crippen molar-refractivity contribution in [3.05, 3.63) is 0 Å². The van der Waals surface area contributed by atoms with Crippen LogP contribution in [0.2, 0.25) is 0 Å². The monoisotopic (exact) mass is 241 g/mol. The van der Waals surface area contributed by atoms with Gasteiger partial charge in [0, 0.05) is 19.6 Å². The van der Waals surface area contributed by atoms with Crippen LogP contribution in [0.4, 0.5) is 0 Å². The zero-order valence-corrected chi connectivity index (χ0v) is 11.2. The predicted octanol–water partition coefficient (Wildman–Crippen LogP) is 0.393. The van der Waals surface area contributed by atoms with E-state index in [0.717, 1.165) is 26.2 Å². The topological polar surface area (TPSA) is 27.7 Å². The lowest BCUT2D eigenvalue weighted by atomic mass is 10.2. The third-order valence-corrected chi connectivity index (χ3v) is 3.73. The summed E-state index contributed by atoms with van der Waals surface area (Å²) in [7, 11) is 2.21. The molecule has 0 aromatic heterocycles. The Morgan fingerprint density at radius 3 is 2.88 bits per heavy atom. The molecular formula is C13H27N3O. The highest BCUT2D eigenvalue weighted by molar-refractivity contribution is 4.71. The second-order valence-electron chi connectivity index (χ2n) is 5.36. The van der Waals surface area contributed by atoms with Crippen LogP contribution < -0.4 is 5.32 Å². The molecule has 2 rings (SSSR count). The van der Waals surface area contributed by atoms with Gasteiger partial charge in [0.25, 0.3) is 0 Å². The lowest BCUT2D eigenvalue weighted by Gasteiger charge is -2.28. The summed E-state index contributed by atoms with van der Waals surface area (Å²) in [6.07, 6.45) is 4.48. The van der Waals surface area contributed by atoms with E-state index in [-0.39, 0.29) is 0 Å². The maximum atomic E-state index is 5.71. The Morgan fingerprint density at radius 2 is 2.18 bits per heavy atom. The zero-order chi connectivity index (χ0) is 11.9. The van der Waals surface area contributed by atoms with Gasteiger partial charge in [-0.2, -0.15) is 0 Å². The number of likely N-dealkylation sites (N-methyl/N-ethyl adjacent to an activating group) is 1. The Bertz CT molecular complexity index is 201. The molecule has 2 fully saturated rings. The first-order valence-electron chi connectivity index (χ1n) is 7.08. The summed E-state index contributed by atoms with van der Waals surface area (Å²) in [6, 6.07) is 0. The van der Waals surface area contributed by atoms with Crippen molar-refractivity contribution in [1.29, 1.82) is 0 Å². The van der Waals surface area contributed by atoms with Crippen LogP contribution in [-0.4, -0.2) is 75.4 Å². The van der Waals surface area contributed by atoms with E-state index < -0.39 is 0 Å². The predicted molar refractivity (Wildman–Crippen MR) is 70.4 cm³/mol. The Kier molecular flexibility index (Phi) is 5.71. The molecule has 1 unspecified atom stereocenters. The highest BCUT2D eigenvalue weighted by Crippen LogP contribution is 2.07. The van der Waals surface area contributed by atoms with Crippen LogP contribution in [0.25, 0.3) is 0 Å². The maximum Gasteiger partial charge on any atom is 0.0826 e. The van der Waals surface area contributed by atoms with Crippen molar-refractivity contribution >= 4 is 0 Å². The molecule has 0 spiro atoms. The maximum absolute atomic E-state index is 5.71. The Balaban J connectivity index is 1.52. The summed E-state index contributed by atoms with van der Waals surface area (Å²) in [5.41, 5.74) is 0. The molecule has 17 heavy (non-hydrogen) atoms. The normalized spacial score (nSPS) is 26.8. The molecule has 2 aliphatic rings. The molecule has 0 saturated carbocycles. The molecule has 2 aliphatic heterocycles. The minimum absolute atomic E-state index is 0.389. The van der Waals surface area contributed by atoms with E-state index in [1.54, 1.807) is 0 Å². The molecule has 0 radical (unpaired) electrons. The molecule has 2 heterocycles. The van der Waals surface area contributed by atoms with Gasteiger partial charge < -0.3 is 19.9 Å². The van der Waals surface area contributed by atoms with Crippen LogP contribution in [0.1, 0.15) is 19.3 Å². The smallest absolute Gasteiger partial charge is 0.0826 e. The second kappa shape index (κ2) is 7.31. The molecule has 0 aromatic carbocycles. The van der Waals surface area contributed by atoms with Gasteiger partial charge in [-0.05, 0) is 52.5 Å². The van der Waals surface area contributed by atoms with E-state index in [1.807, 2.05) is 0 Å². The minimum Gasteiger partial charge on any atom is -0.374 e. The van der Waals surface area contributed by atoms with E-state index in [2.05, 4.69) is 22.2 Å². The first-order valence-corrected chi connectivity index (χ1v) is 7.08. The van der Waals surface area contributed by atoms with Crippen molar-refractivity contribution in [3.8, 4) is 0 Å². The number of hydrogen-bond acceptors (Lipinski definition) is 4. The average Bonchev–Trinajstić information content (AvgIpc) is 2.83. The van der Waals surface area contributed by atoms with Crippen LogP contribution in [-0.2, 0) is 4.74 Å². The van der Waals surface area contributed by atoms with Crippen molar-refractivity contribution in [2.75, 3.05) is 59.5 Å². The van der Waals surface area contributed by atoms with Gasteiger partial charge in [-0.25, -0.2) is 0 Å². The lowest BCUT2D eigenvalue weighted by Crippen LogP contribution is -2.44. The van der Waals surface area contributed by atoms with Gasteiger partial charge in [-0.3, -0.25) is 0 Å². The fourth-order valence-electron chi connectivity index (χ4n) is 2.75. The summed E-state index contributed by atoms with van der Waals surface area (Å²) in [5, 5.41) is 3.38. The summed E-state index contributed by atoms with van der Waals surface area (Å²) >= 11 is 0. The molecule has 4 heteroatoms. The van der Waals surface area contributed by atoms with Crippen LogP contribution in [0.5, 0.6) is 0 Å². The molecule has 1 N–H and O–H groups in total. The highest BCUT2D eigenvalue weighted by atomic mass is 16.5. The fraction of sp³-hybridized carbons (Fsp3) is 1.00. The summed E-state index contributed by atoms with van der Waals surface area (Å²) in [4.78, 5) is 5.00. The molecule has 2 saturated heterocycles. The number of likely N-dealkylation sites (tertiary alicyclic amines) is 1. The van der Waals surface area contributed by atoms with E-state index >= 15 is 0 Å². The van der Waals surface area contributed by atoms with Gasteiger partial charge in [0.2, 0.25) is 0 Å². The molecular weight excluding hydrogens is 214 g/mol. The largest absolute Gasteiger partial charge is 0.374 e. The molecule has 1 atom stereocenters. The van der Waals surface area contributed by atoms with Gasteiger partial charge in [0.05, 0.1) is 12.7 Å². The van der Waals surface area contributed by atoms with Gasteiger partial charge in [0.15, 0.2) is 0 Å². The number of nitrogens with zero attached hydrogens (tertiary/aromatic N) is 2. The van der Waals surface area contributed by atoms with Crippen molar-refractivity contribution in [1.82, 2.24) is 15.1 Å². The van der Waals surface area contributed by atoms with E-state index in [0.29, 0.717) is 6.10 Å². The SMILES string of the molecule is CN(CCCN1CCCC1)CC1CNCCO1. The molecule has 100 valence electrons. The van der Waals surface area contributed by atoms with Crippen molar-refractivity contribution in [2.24, 2.45) is 0 Å². The lowest BCUT2D eigenvalue weighted by molar-refractivity contribution is 0.00968. The average molecular weight is 241 g/mol. The minimum atomic E-state index is 0.389. The van der Waals surface area contributed by atoms with Crippen molar-refractivity contribution in [2.45, 2.75) is 25.4 Å². The Morgan fingerprint density at radius 1 is 1.35 bits per heavy atom. The summed E-state index contributed by atoms with van der Waals surface area (Å²) in [5.74, 6) is 0. The second-order valence-corrected chi connectivity index (χ2v) is 5.36. The van der Waals surface area contributed by atoms with Gasteiger partial charge in [-0.15, -0.1) is 0 Å². The molecule has 0 aromatic rings. The number of hydrogen-bond donors (Lipinski definition) is 1. The van der Waals surface area contributed by atoms with Gasteiger partial charge in [-0.1, -0.05) is 0 Å². The third kappa shape index (κ3) is 4.92. The standard InChI is InChI=1S/C13H27N3O/c1-15(12-13-11-14-5-10-17-13)6-4-9-16-7-2-3-8-16/h13-14H,2-12H2,1H3. The number of rotatable bonds is 6. The van der Waals surface area contributed by atoms with Crippen molar-refractivity contribution in [3.63, 3.8) is 0 Å². The number of morpholine rings is 1. The fourth-order valence-corrected chi connectivity index (χ4v) is 2.75. The van der Waals surface area contributed by atoms with E-state index in [1.165, 1.54) is 45.4 Å². The van der Waals surface area contributed by atoms with Crippen LogP contribution in [0.15, 0.2) is 0 Å². The molecule has 0 aliphatic carbocycles. The first-order chi connectivity index (χ1) is 8.34. The quantitative estimate of drug-likeness (QED) is 0.728. The van der Waals surface area contributed by atoms with Crippen LogP contribution in [0.3, 0.4) is 0 Å². The summed E-state index contributed by atoms with van der Waals surface area (Å²) in [6.45, 7) is 9.05. The number of nitrogens with one attached hydrogen (secondary N) is 1. The number of ether oxygens (including phenoxy) is 1. The van der Waals surface area contributed by atoms with Crippen LogP contribution in [0, 0.1) is 0 Å². The third-order valence-electron chi connectivity index (χ3n) is 3.73. The molecule has 4 nitrogen and oxygen atoms in total. The Hall–Kier alpha value is -0.160.